The third kappa shape index (κ3) is 3.56. The highest BCUT2D eigenvalue weighted by atomic mass is 16.3. The number of aryl methyl sites for hydroxylation is 1. The van der Waals surface area contributed by atoms with Crippen LogP contribution in [0.5, 0.6) is 0 Å². The minimum Gasteiger partial charge on any atom is -0.395 e. The highest BCUT2D eigenvalue weighted by Gasteiger charge is 2.33. The Morgan fingerprint density at radius 1 is 1.32 bits per heavy atom. The van der Waals surface area contributed by atoms with Gasteiger partial charge in [0.25, 0.3) is 0 Å². The van der Waals surface area contributed by atoms with Gasteiger partial charge in [-0.05, 0) is 39.3 Å². The summed E-state index contributed by atoms with van der Waals surface area (Å²) in [5, 5.41) is 13.1. The standard InChI is InChI=1S/C16H26N2O/c1-13-4-6-14(7-5-13)11-18-15(12-19)10-17-9-8-16(18,2)3/h4-7,15,17,19H,8-12H2,1-3H3. The van der Waals surface area contributed by atoms with Crippen molar-refractivity contribution in [3.8, 4) is 0 Å². The Labute approximate surface area is 116 Å². The van der Waals surface area contributed by atoms with Crippen LogP contribution in [0.1, 0.15) is 31.4 Å². The van der Waals surface area contributed by atoms with E-state index in [0.717, 1.165) is 26.1 Å². The Hall–Kier alpha value is -0.900. The zero-order chi connectivity index (χ0) is 13.9. The fraction of sp³-hybridized carbons (Fsp3) is 0.625. The highest BCUT2D eigenvalue weighted by Crippen LogP contribution is 2.25. The molecule has 1 aliphatic rings. The number of hydrogen-bond donors (Lipinski definition) is 2. The molecule has 3 nitrogen and oxygen atoms in total. The summed E-state index contributed by atoms with van der Waals surface area (Å²) >= 11 is 0. The fourth-order valence-electron chi connectivity index (χ4n) is 2.81. The lowest BCUT2D eigenvalue weighted by Crippen LogP contribution is -2.51. The van der Waals surface area contributed by atoms with Gasteiger partial charge in [-0.3, -0.25) is 4.90 Å². The van der Waals surface area contributed by atoms with Gasteiger partial charge in [-0.25, -0.2) is 0 Å². The molecule has 1 unspecified atom stereocenters. The molecule has 1 saturated heterocycles. The first-order valence-electron chi connectivity index (χ1n) is 7.17. The molecular weight excluding hydrogens is 236 g/mol. The van der Waals surface area contributed by atoms with Crippen LogP contribution >= 0.6 is 0 Å². The molecule has 106 valence electrons. The van der Waals surface area contributed by atoms with E-state index < -0.39 is 0 Å². The van der Waals surface area contributed by atoms with Gasteiger partial charge in [0.05, 0.1) is 6.61 Å². The van der Waals surface area contributed by atoms with Crippen molar-refractivity contribution in [2.45, 2.75) is 45.3 Å². The number of aliphatic hydroxyl groups is 1. The minimum absolute atomic E-state index is 0.113. The number of benzene rings is 1. The maximum atomic E-state index is 9.66. The normalized spacial score (nSPS) is 24.1. The van der Waals surface area contributed by atoms with Gasteiger partial charge in [0.2, 0.25) is 0 Å². The molecule has 1 aromatic rings. The van der Waals surface area contributed by atoms with E-state index in [9.17, 15) is 5.11 Å². The molecule has 0 bridgehead atoms. The molecule has 1 aliphatic heterocycles. The van der Waals surface area contributed by atoms with E-state index in [2.05, 4.69) is 55.3 Å². The van der Waals surface area contributed by atoms with Gasteiger partial charge in [-0.1, -0.05) is 29.8 Å². The third-order valence-corrected chi connectivity index (χ3v) is 4.20. The van der Waals surface area contributed by atoms with E-state index in [4.69, 9.17) is 0 Å². The molecule has 0 radical (unpaired) electrons. The molecule has 2 rings (SSSR count). The fourth-order valence-corrected chi connectivity index (χ4v) is 2.81. The molecule has 1 fully saturated rings. The van der Waals surface area contributed by atoms with Gasteiger partial charge in [-0.15, -0.1) is 0 Å². The highest BCUT2D eigenvalue weighted by molar-refractivity contribution is 5.21. The molecule has 1 aromatic carbocycles. The summed E-state index contributed by atoms with van der Waals surface area (Å²) < 4.78 is 0. The van der Waals surface area contributed by atoms with Crippen molar-refractivity contribution in [3.63, 3.8) is 0 Å². The number of hydrogen-bond acceptors (Lipinski definition) is 3. The van der Waals surface area contributed by atoms with E-state index >= 15 is 0 Å². The van der Waals surface area contributed by atoms with Gasteiger partial charge in [0.15, 0.2) is 0 Å². The van der Waals surface area contributed by atoms with Gasteiger partial charge in [0.1, 0.15) is 0 Å². The van der Waals surface area contributed by atoms with E-state index in [1.165, 1.54) is 11.1 Å². The Balaban J connectivity index is 2.19. The first-order valence-corrected chi connectivity index (χ1v) is 7.17. The summed E-state index contributed by atoms with van der Waals surface area (Å²) in [5.41, 5.74) is 2.72. The minimum atomic E-state index is 0.113. The van der Waals surface area contributed by atoms with Crippen molar-refractivity contribution in [2.24, 2.45) is 0 Å². The van der Waals surface area contributed by atoms with Crippen LogP contribution in [0.25, 0.3) is 0 Å². The maximum absolute atomic E-state index is 9.66. The first kappa shape index (κ1) is 14.5. The molecule has 2 N–H and O–H groups in total. The van der Waals surface area contributed by atoms with Crippen LogP contribution in [0, 0.1) is 6.92 Å². The van der Waals surface area contributed by atoms with Crippen molar-refractivity contribution in [3.05, 3.63) is 35.4 Å². The average molecular weight is 262 g/mol. The van der Waals surface area contributed by atoms with Crippen LogP contribution in [0.15, 0.2) is 24.3 Å². The number of aliphatic hydroxyl groups excluding tert-OH is 1. The second kappa shape index (κ2) is 6.04. The van der Waals surface area contributed by atoms with Gasteiger partial charge in [0, 0.05) is 24.7 Å². The number of nitrogens with one attached hydrogen (secondary N) is 1. The predicted molar refractivity (Wildman–Crippen MR) is 79.2 cm³/mol. The van der Waals surface area contributed by atoms with Crippen molar-refractivity contribution in [2.75, 3.05) is 19.7 Å². The summed E-state index contributed by atoms with van der Waals surface area (Å²) in [6.45, 7) is 9.66. The monoisotopic (exact) mass is 262 g/mol. The van der Waals surface area contributed by atoms with Crippen LogP contribution in [0.4, 0.5) is 0 Å². The molecule has 0 amide bonds. The van der Waals surface area contributed by atoms with E-state index in [1.807, 2.05) is 0 Å². The molecule has 0 aliphatic carbocycles. The quantitative estimate of drug-likeness (QED) is 0.874. The molecule has 19 heavy (non-hydrogen) atoms. The maximum Gasteiger partial charge on any atom is 0.0599 e. The molecule has 3 heteroatoms. The van der Waals surface area contributed by atoms with Crippen LogP contribution in [0.3, 0.4) is 0 Å². The Kier molecular flexibility index (Phi) is 4.61. The topological polar surface area (TPSA) is 35.5 Å². The lowest BCUT2D eigenvalue weighted by atomic mass is 9.96. The summed E-state index contributed by atoms with van der Waals surface area (Å²) in [4.78, 5) is 2.44. The summed E-state index contributed by atoms with van der Waals surface area (Å²) in [5.74, 6) is 0. The predicted octanol–water partition coefficient (Wildman–Crippen LogP) is 1.93. The number of rotatable bonds is 3. The SMILES string of the molecule is Cc1ccc(CN2C(CO)CNCCC2(C)C)cc1. The first-order chi connectivity index (χ1) is 9.03. The average Bonchev–Trinajstić information content (AvgIpc) is 2.52. The van der Waals surface area contributed by atoms with E-state index in [-0.39, 0.29) is 18.2 Å². The molecule has 0 saturated carbocycles. The van der Waals surface area contributed by atoms with E-state index in [1.54, 1.807) is 0 Å². The van der Waals surface area contributed by atoms with Crippen molar-refractivity contribution in [1.29, 1.82) is 0 Å². The summed E-state index contributed by atoms with van der Waals surface area (Å²) in [7, 11) is 0. The van der Waals surface area contributed by atoms with Crippen molar-refractivity contribution in [1.82, 2.24) is 10.2 Å². The lowest BCUT2D eigenvalue weighted by Gasteiger charge is -2.41. The van der Waals surface area contributed by atoms with Crippen LogP contribution in [-0.4, -0.2) is 41.3 Å². The van der Waals surface area contributed by atoms with Crippen LogP contribution in [-0.2, 0) is 6.54 Å². The molecule has 0 aromatic heterocycles. The molecular formula is C16H26N2O. The van der Waals surface area contributed by atoms with Crippen LogP contribution in [0.2, 0.25) is 0 Å². The van der Waals surface area contributed by atoms with Gasteiger partial charge < -0.3 is 10.4 Å². The Bertz CT molecular complexity index is 400. The Morgan fingerprint density at radius 2 is 2.00 bits per heavy atom. The van der Waals surface area contributed by atoms with E-state index in [0.29, 0.717) is 0 Å². The van der Waals surface area contributed by atoms with Gasteiger partial charge in [-0.2, -0.15) is 0 Å². The largest absolute Gasteiger partial charge is 0.395 e. The summed E-state index contributed by atoms with van der Waals surface area (Å²) in [6, 6.07) is 8.90. The second-order valence-electron chi connectivity index (χ2n) is 6.22. The lowest BCUT2D eigenvalue weighted by molar-refractivity contribution is 0.0380. The second-order valence-corrected chi connectivity index (χ2v) is 6.22. The smallest absolute Gasteiger partial charge is 0.0599 e. The molecule has 1 atom stereocenters. The van der Waals surface area contributed by atoms with Crippen molar-refractivity contribution >= 4 is 0 Å². The van der Waals surface area contributed by atoms with Gasteiger partial charge >= 0.3 is 0 Å². The third-order valence-electron chi connectivity index (χ3n) is 4.20. The summed E-state index contributed by atoms with van der Waals surface area (Å²) in [6.07, 6.45) is 1.11. The van der Waals surface area contributed by atoms with Crippen molar-refractivity contribution < 1.29 is 5.11 Å². The van der Waals surface area contributed by atoms with Crippen LogP contribution < -0.4 is 5.32 Å². The molecule has 1 heterocycles. The molecule has 0 spiro atoms. The zero-order valence-electron chi connectivity index (χ0n) is 12.3. The number of nitrogens with zero attached hydrogens (tertiary/aromatic N) is 1. The Morgan fingerprint density at radius 3 is 2.63 bits per heavy atom. The zero-order valence-corrected chi connectivity index (χ0v) is 12.3.